The molecule has 20 heavy (non-hydrogen) atoms. The number of carbonyl (C=O) groups excluding carboxylic acids is 1. The van der Waals surface area contributed by atoms with Gasteiger partial charge in [-0.1, -0.05) is 5.16 Å². The Bertz CT molecular complexity index is 517. The number of benzene rings is 1. The molecule has 1 aromatic carbocycles. The molecule has 1 amide bonds. The summed E-state index contributed by atoms with van der Waals surface area (Å²) in [5.74, 6) is -0.373. The van der Waals surface area contributed by atoms with Crippen molar-refractivity contribution < 1.29 is 14.4 Å². The van der Waals surface area contributed by atoms with E-state index in [1.165, 1.54) is 12.1 Å². The Kier molecular flexibility index (Phi) is 4.22. The summed E-state index contributed by atoms with van der Waals surface area (Å²) in [7, 11) is 0. The summed E-state index contributed by atoms with van der Waals surface area (Å²) < 4.78 is 13.3. The molecule has 0 radical (unpaired) electrons. The average Bonchev–Trinajstić information content (AvgIpc) is 2.45. The molecule has 108 valence electrons. The maximum Gasteiger partial charge on any atom is 0.253 e. The zero-order chi connectivity index (χ0) is 14.7. The summed E-state index contributed by atoms with van der Waals surface area (Å²) in [5, 5.41) is 11.6. The Morgan fingerprint density at radius 2 is 2.05 bits per heavy atom. The van der Waals surface area contributed by atoms with Gasteiger partial charge in [0, 0.05) is 24.6 Å². The van der Waals surface area contributed by atoms with E-state index < -0.39 is 5.82 Å². The first-order valence-electron chi connectivity index (χ1n) is 6.55. The van der Waals surface area contributed by atoms with Gasteiger partial charge in [0.15, 0.2) is 0 Å². The monoisotopic (exact) mass is 279 g/mol. The molecule has 6 heteroatoms. The van der Waals surface area contributed by atoms with E-state index in [0.717, 1.165) is 5.56 Å². The topological polar surface area (TPSA) is 78.9 Å². The van der Waals surface area contributed by atoms with Crippen molar-refractivity contribution in [2.75, 3.05) is 13.1 Å². The van der Waals surface area contributed by atoms with Gasteiger partial charge in [-0.25, -0.2) is 4.39 Å². The number of hydrogen-bond acceptors (Lipinski definition) is 3. The summed E-state index contributed by atoms with van der Waals surface area (Å²) in [4.78, 5) is 14.0. The molecule has 3 N–H and O–H groups in total. The zero-order valence-electron chi connectivity index (χ0n) is 11.3. The lowest BCUT2D eigenvalue weighted by atomic mass is 9.95. The number of aryl methyl sites for hydroxylation is 1. The second-order valence-corrected chi connectivity index (χ2v) is 5.11. The van der Waals surface area contributed by atoms with Crippen LogP contribution in [0.4, 0.5) is 4.39 Å². The number of nitrogens with two attached hydrogens (primary N) is 1. The van der Waals surface area contributed by atoms with Gasteiger partial charge in [-0.3, -0.25) is 4.79 Å². The minimum Gasteiger partial charge on any atom is -0.409 e. The van der Waals surface area contributed by atoms with Crippen LogP contribution in [0, 0.1) is 18.7 Å². The van der Waals surface area contributed by atoms with Crippen LogP contribution in [0.25, 0.3) is 0 Å². The lowest BCUT2D eigenvalue weighted by Gasteiger charge is -2.31. The molecule has 0 atom stereocenters. The van der Waals surface area contributed by atoms with E-state index in [4.69, 9.17) is 10.9 Å². The molecule has 1 fully saturated rings. The first kappa shape index (κ1) is 14.3. The van der Waals surface area contributed by atoms with E-state index in [1.54, 1.807) is 17.9 Å². The molecule has 1 aliphatic heterocycles. The lowest BCUT2D eigenvalue weighted by Crippen LogP contribution is -2.41. The van der Waals surface area contributed by atoms with E-state index in [-0.39, 0.29) is 17.7 Å². The standard InChI is InChI=1S/C14H18FN3O2/c1-9-6-11(8-12(15)7-9)14(19)18-4-2-10(3-5-18)13(16)17-20/h6-8,10,20H,2-5H2,1H3,(H2,16,17). The van der Waals surface area contributed by atoms with Crippen LogP contribution >= 0.6 is 0 Å². The summed E-state index contributed by atoms with van der Waals surface area (Å²) in [6.07, 6.45) is 1.30. The first-order valence-corrected chi connectivity index (χ1v) is 6.55. The molecule has 0 aromatic heterocycles. The number of hydrogen-bond donors (Lipinski definition) is 2. The van der Waals surface area contributed by atoms with Crippen molar-refractivity contribution in [3.63, 3.8) is 0 Å². The third-order valence-corrected chi connectivity index (χ3v) is 3.60. The SMILES string of the molecule is Cc1cc(F)cc(C(=O)N2CCC(/C(N)=N/O)CC2)c1. The quantitative estimate of drug-likeness (QED) is 0.374. The second-order valence-electron chi connectivity index (χ2n) is 5.11. The number of rotatable bonds is 2. The Morgan fingerprint density at radius 1 is 1.40 bits per heavy atom. The highest BCUT2D eigenvalue weighted by molar-refractivity contribution is 5.94. The highest BCUT2D eigenvalue weighted by Crippen LogP contribution is 2.20. The molecule has 5 nitrogen and oxygen atoms in total. The van der Waals surface area contributed by atoms with Crippen LogP contribution in [-0.4, -0.2) is 34.9 Å². The Labute approximate surface area is 116 Å². The minimum absolute atomic E-state index is 0.00158. The summed E-state index contributed by atoms with van der Waals surface area (Å²) in [6.45, 7) is 2.80. The van der Waals surface area contributed by atoms with E-state index >= 15 is 0 Å². The molecular formula is C14H18FN3O2. The number of oxime groups is 1. The Hall–Kier alpha value is -2.11. The maximum atomic E-state index is 13.3. The molecule has 1 aromatic rings. The van der Waals surface area contributed by atoms with Gasteiger partial charge in [-0.2, -0.15) is 0 Å². The van der Waals surface area contributed by atoms with Gasteiger partial charge in [0.2, 0.25) is 0 Å². The number of amidine groups is 1. The molecule has 0 saturated carbocycles. The molecular weight excluding hydrogens is 261 g/mol. The second kappa shape index (κ2) is 5.90. The molecule has 0 unspecified atom stereocenters. The molecule has 0 bridgehead atoms. The van der Waals surface area contributed by atoms with Crippen molar-refractivity contribution in [2.45, 2.75) is 19.8 Å². The fraction of sp³-hybridized carbons (Fsp3) is 0.429. The normalized spacial score (nSPS) is 17.3. The van der Waals surface area contributed by atoms with Crippen LogP contribution < -0.4 is 5.73 Å². The molecule has 1 heterocycles. The van der Waals surface area contributed by atoms with Crippen LogP contribution in [0.5, 0.6) is 0 Å². The third kappa shape index (κ3) is 3.07. The van der Waals surface area contributed by atoms with Crippen LogP contribution in [0.15, 0.2) is 23.4 Å². The zero-order valence-corrected chi connectivity index (χ0v) is 11.3. The van der Waals surface area contributed by atoms with Gasteiger partial charge in [-0.15, -0.1) is 0 Å². The van der Waals surface area contributed by atoms with Crippen molar-refractivity contribution in [3.05, 3.63) is 35.1 Å². The summed E-state index contributed by atoms with van der Waals surface area (Å²) in [5.41, 5.74) is 6.65. The highest BCUT2D eigenvalue weighted by atomic mass is 19.1. The molecule has 1 saturated heterocycles. The van der Waals surface area contributed by atoms with Crippen LogP contribution in [-0.2, 0) is 0 Å². The average molecular weight is 279 g/mol. The first-order chi connectivity index (χ1) is 9.51. The number of halogens is 1. The van der Waals surface area contributed by atoms with E-state index in [2.05, 4.69) is 5.16 Å². The number of piperidine rings is 1. The van der Waals surface area contributed by atoms with Gasteiger partial charge in [0.1, 0.15) is 11.7 Å². The van der Waals surface area contributed by atoms with Gasteiger partial charge < -0.3 is 15.8 Å². The fourth-order valence-corrected chi connectivity index (χ4v) is 2.50. The predicted octanol–water partition coefficient (Wildman–Crippen LogP) is 1.73. The van der Waals surface area contributed by atoms with Crippen LogP contribution in [0.2, 0.25) is 0 Å². The number of likely N-dealkylation sites (tertiary alicyclic amines) is 1. The Balaban J connectivity index is 2.05. The maximum absolute atomic E-state index is 13.3. The van der Waals surface area contributed by atoms with E-state index in [0.29, 0.717) is 31.5 Å². The predicted molar refractivity (Wildman–Crippen MR) is 73.2 cm³/mol. The van der Waals surface area contributed by atoms with Crippen molar-refractivity contribution in [1.29, 1.82) is 0 Å². The van der Waals surface area contributed by atoms with Crippen molar-refractivity contribution in [1.82, 2.24) is 4.90 Å². The Morgan fingerprint density at radius 3 is 2.60 bits per heavy atom. The van der Waals surface area contributed by atoms with Crippen molar-refractivity contribution in [2.24, 2.45) is 16.8 Å². The number of nitrogens with zero attached hydrogens (tertiary/aromatic N) is 2. The van der Waals surface area contributed by atoms with Crippen molar-refractivity contribution in [3.8, 4) is 0 Å². The van der Waals surface area contributed by atoms with E-state index in [9.17, 15) is 9.18 Å². The molecule has 2 rings (SSSR count). The molecule has 0 spiro atoms. The van der Waals surface area contributed by atoms with Gasteiger partial charge in [0.25, 0.3) is 5.91 Å². The van der Waals surface area contributed by atoms with Gasteiger partial charge >= 0.3 is 0 Å². The van der Waals surface area contributed by atoms with Gasteiger partial charge in [-0.05, 0) is 43.5 Å². The largest absolute Gasteiger partial charge is 0.409 e. The minimum atomic E-state index is -0.403. The molecule has 0 aliphatic carbocycles. The molecule has 1 aliphatic rings. The highest BCUT2D eigenvalue weighted by Gasteiger charge is 2.26. The van der Waals surface area contributed by atoms with Gasteiger partial charge in [0.05, 0.1) is 0 Å². The lowest BCUT2D eigenvalue weighted by molar-refractivity contribution is 0.0708. The fourth-order valence-electron chi connectivity index (χ4n) is 2.50. The number of amides is 1. The van der Waals surface area contributed by atoms with Crippen LogP contribution in [0.3, 0.4) is 0 Å². The summed E-state index contributed by atoms with van der Waals surface area (Å²) >= 11 is 0. The number of carbonyl (C=O) groups is 1. The summed E-state index contributed by atoms with van der Waals surface area (Å²) in [6, 6.07) is 4.33. The van der Waals surface area contributed by atoms with Crippen LogP contribution in [0.1, 0.15) is 28.8 Å². The third-order valence-electron chi connectivity index (χ3n) is 3.60. The van der Waals surface area contributed by atoms with Crippen molar-refractivity contribution >= 4 is 11.7 Å². The van der Waals surface area contributed by atoms with E-state index in [1.807, 2.05) is 0 Å². The smallest absolute Gasteiger partial charge is 0.253 e.